The van der Waals surface area contributed by atoms with E-state index in [4.69, 9.17) is 16.3 Å². The third-order valence-corrected chi connectivity index (χ3v) is 3.98. The number of aliphatic hydroxyl groups excluding tert-OH is 1. The van der Waals surface area contributed by atoms with Gasteiger partial charge in [-0.05, 0) is 43.0 Å². The first kappa shape index (κ1) is 11.7. The Morgan fingerprint density at radius 3 is 2.56 bits per heavy atom. The molecule has 1 aliphatic rings. The van der Waals surface area contributed by atoms with E-state index in [0.29, 0.717) is 10.8 Å². The second-order valence-electron chi connectivity index (χ2n) is 4.59. The van der Waals surface area contributed by atoms with Crippen LogP contribution in [0.15, 0.2) is 12.1 Å². The fraction of sp³-hybridized carbons (Fsp3) is 0.538. The maximum atomic E-state index is 9.56. The summed E-state index contributed by atoms with van der Waals surface area (Å²) in [7, 11) is 1.62. The highest BCUT2D eigenvalue weighted by atomic mass is 35.5. The van der Waals surface area contributed by atoms with Crippen molar-refractivity contribution in [3.05, 3.63) is 28.3 Å². The van der Waals surface area contributed by atoms with Crippen molar-refractivity contribution in [1.82, 2.24) is 0 Å². The van der Waals surface area contributed by atoms with Crippen LogP contribution in [0.3, 0.4) is 0 Å². The third-order valence-electron chi connectivity index (χ3n) is 3.68. The van der Waals surface area contributed by atoms with Crippen molar-refractivity contribution in [1.29, 1.82) is 0 Å². The van der Waals surface area contributed by atoms with Gasteiger partial charge in [-0.3, -0.25) is 0 Å². The Labute approximate surface area is 101 Å². The van der Waals surface area contributed by atoms with Gasteiger partial charge >= 0.3 is 0 Å². The van der Waals surface area contributed by atoms with E-state index in [-0.39, 0.29) is 12.0 Å². The summed E-state index contributed by atoms with van der Waals surface area (Å²) in [5.74, 6) is 0.704. The lowest BCUT2D eigenvalue weighted by Crippen LogP contribution is -2.38. The Balaban J connectivity index is 2.45. The van der Waals surface area contributed by atoms with E-state index in [1.807, 2.05) is 19.1 Å². The molecule has 2 rings (SSSR count). The summed E-state index contributed by atoms with van der Waals surface area (Å²) in [5, 5.41) is 10.2. The number of aliphatic hydroxyl groups is 1. The van der Waals surface area contributed by atoms with E-state index < -0.39 is 0 Å². The molecule has 0 atom stereocenters. The summed E-state index contributed by atoms with van der Waals surface area (Å²) in [6.45, 7) is 2.25. The molecule has 0 radical (unpaired) electrons. The minimum atomic E-state index is -0.0556. The average Bonchev–Trinajstić information content (AvgIpc) is 2.22. The first-order valence-electron chi connectivity index (χ1n) is 5.58. The minimum absolute atomic E-state index is 0.0556. The van der Waals surface area contributed by atoms with Gasteiger partial charge in [-0.2, -0.15) is 0 Å². The normalized spacial score (nSPS) is 18.0. The zero-order valence-corrected chi connectivity index (χ0v) is 10.5. The van der Waals surface area contributed by atoms with Gasteiger partial charge in [0, 0.05) is 5.41 Å². The second kappa shape index (κ2) is 4.27. The van der Waals surface area contributed by atoms with Crippen LogP contribution in [0, 0.1) is 6.92 Å². The maximum Gasteiger partial charge on any atom is 0.137 e. The highest BCUT2D eigenvalue weighted by Crippen LogP contribution is 2.46. The largest absolute Gasteiger partial charge is 0.495 e. The summed E-state index contributed by atoms with van der Waals surface area (Å²) < 4.78 is 5.18. The summed E-state index contributed by atoms with van der Waals surface area (Å²) in [4.78, 5) is 0. The predicted molar refractivity (Wildman–Crippen MR) is 65.4 cm³/mol. The van der Waals surface area contributed by atoms with Crippen molar-refractivity contribution in [3.8, 4) is 5.75 Å². The average molecular weight is 241 g/mol. The van der Waals surface area contributed by atoms with Crippen molar-refractivity contribution in [2.75, 3.05) is 13.7 Å². The van der Waals surface area contributed by atoms with Crippen LogP contribution in [0.1, 0.15) is 30.4 Å². The topological polar surface area (TPSA) is 29.5 Å². The lowest BCUT2D eigenvalue weighted by Gasteiger charge is -2.42. The Morgan fingerprint density at radius 1 is 1.44 bits per heavy atom. The second-order valence-corrected chi connectivity index (χ2v) is 5.00. The highest BCUT2D eigenvalue weighted by Gasteiger charge is 2.39. The zero-order chi connectivity index (χ0) is 11.8. The van der Waals surface area contributed by atoms with Crippen LogP contribution < -0.4 is 4.74 Å². The molecule has 0 amide bonds. The molecule has 1 saturated carbocycles. The molecule has 0 spiro atoms. The first-order chi connectivity index (χ1) is 7.63. The van der Waals surface area contributed by atoms with Crippen LogP contribution in [0.4, 0.5) is 0 Å². The molecule has 2 nitrogen and oxygen atoms in total. The smallest absolute Gasteiger partial charge is 0.137 e. The number of halogens is 1. The molecular weight excluding hydrogens is 224 g/mol. The van der Waals surface area contributed by atoms with Crippen molar-refractivity contribution < 1.29 is 9.84 Å². The zero-order valence-electron chi connectivity index (χ0n) is 9.72. The minimum Gasteiger partial charge on any atom is -0.495 e. The van der Waals surface area contributed by atoms with Crippen LogP contribution in [0.25, 0.3) is 0 Å². The Bertz CT molecular complexity index is 392. The van der Waals surface area contributed by atoms with E-state index >= 15 is 0 Å². The molecule has 1 N–H and O–H groups in total. The monoisotopic (exact) mass is 240 g/mol. The van der Waals surface area contributed by atoms with Crippen LogP contribution in [-0.4, -0.2) is 18.8 Å². The molecule has 1 aromatic carbocycles. The van der Waals surface area contributed by atoms with E-state index in [0.717, 1.165) is 18.4 Å². The Morgan fingerprint density at radius 2 is 2.12 bits per heavy atom. The molecule has 1 aliphatic carbocycles. The molecule has 16 heavy (non-hydrogen) atoms. The van der Waals surface area contributed by atoms with E-state index in [1.165, 1.54) is 12.0 Å². The van der Waals surface area contributed by atoms with Gasteiger partial charge in [0.15, 0.2) is 0 Å². The van der Waals surface area contributed by atoms with Gasteiger partial charge < -0.3 is 9.84 Å². The van der Waals surface area contributed by atoms with Crippen LogP contribution in [0.5, 0.6) is 5.75 Å². The van der Waals surface area contributed by atoms with Crippen molar-refractivity contribution in [2.45, 2.75) is 31.6 Å². The van der Waals surface area contributed by atoms with Crippen LogP contribution >= 0.6 is 11.6 Å². The maximum absolute atomic E-state index is 9.56. The molecule has 0 bridgehead atoms. The molecule has 0 unspecified atom stereocenters. The molecular formula is C13H17ClO2. The molecule has 3 heteroatoms. The quantitative estimate of drug-likeness (QED) is 0.880. The van der Waals surface area contributed by atoms with Gasteiger partial charge in [-0.25, -0.2) is 0 Å². The van der Waals surface area contributed by atoms with Gasteiger partial charge in [0.05, 0.1) is 18.7 Å². The number of methoxy groups -OCH3 is 1. The SMILES string of the molecule is COc1cc(C)c(C2(CO)CCC2)cc1Cl. The fourth-order valence-electron chi connectivity index (χ4n) is 2.50. The molecule has 0 heterocycles. The number of ether oxygens (including phenoxy) is 1. The number of hydrogen-bond donors (Lipinski definition) is 1. The molecule has 0 aromatic heterocycles. The standard InChI is InChI=1S/C13H17ClO2/c1-9-6-12(16-2)11(14)7-10(9)13(8-15)4-3-5-13/h6-7,15H,3-5,8H2,1-2H3. The predicted octanol–water partition coefficient (Wildman–Crippen LogP) is 3.07. The molecule has 0 aliphatic heterocycles. The van der Waals surface area contributed by atoms with Crippen molar-refractivity contribution >= 4 is 11.6 Å². The van der Waals surface area contributed by atoms with Gasteiger partial charge in [0.2, 0.25) is 0 Å². The summed E-state index contributed by atoms with van der Waals surface area (Å²) in [5.41, 5.74) is 2.27. The van der Waals surface area contributed by atoms with E-state index in [9.17, 15) is 5.11 Å². The number of hydrogen-bond acceptors (Lipinski definition) is 2. The van der Waals surface area contributed by atoms with Gasteiger partial charge in [0.1, 0.15) is 5.75 Å². The number of aryl methyl sites for hydroxylation is 1. The molecule has 0 saturated heterocycles. The lowest BCUT2D eigenvalue weighted by molar-refractivity contribution is 0.119. The fourth-order valence-corrected chi connectivity index (χ4v) is 2.74. The first-order valence-corrected chi connectivity index (χ1v) is 5.96. The van der Waals surface area contributed by atoms with Crippen molar-refractivity contribution in [2.24, 2.45) is 0 Å². The van der Waals surface area contributed by atoms with Crippen LogP contribution in [-0.2, 0) is 5.41 Å². The molecule has 88 valence electrons. The van der Waals surface area contributed by atoms with E-state index in [2.05, 4.69) is 0 Å². The van der Waals surface area contributed by atoms with Crippen molar-refractivity contribution in [3.63, 3.8) is 0 Å². The lowest BCUT2D eigenvalue weighted by atomic mass is 9.64. The van der Waals surface area contributed by atoms with Gasteiger partial charge in [-0.1, -0.05) is 18.0 Å². The third kappa shape index (κ3) is 1.70. The number of benzene rings is 1. The Hall–Kier alpha value is -0.730. The highest BCUT2D eigenvalue weighted by molar-refractivity contribution is 6.32. The molecule has 1 aromatic rings. The number of rotatable bonds is 3. The summed E-state index contributed by atoms with van der Waals surface area (Å²) in [6.07, 6.45) is 3.28. The van der Waals surface area contributed by atoms with Crippen LogP contribution in [0.2, 0.25) is 5.02 Å². The van der Waals surface area contributed by atoms with E-state index in [1.54, 1.807) is 7.11 Å². The Kier molecular flexibility index (Phi) is 3.13. The summed E-state index contributed by atoms with van der Waals surface area (Å²) >= 11 is 6.14. The van der Waals surface area contributed by atoms with Gasteiger partial charge in [-0.15, -0.1) is 0 Å². The summed E-state index contributed by atoms with van der Waals surface area (Å²) in [6, 6.07) is 3.90. The molecule has 1 fully saturated rings. The van der Waals surface area contributed by atoms with Gasteiger partial charge in [0.25, 0.3) is 0 Å².